The minimum absolute atomic E-state index is 0.0257. The van der Waals surface area contributed by atoms with Crippen LogP contribution in [0.3, 0.4) is 0 Å². The number of rotatable bonds is 9. The number of primary amides is 1. The summed E-state index contributed by atoms with van der Waals surface area (Å²) in [5.74, 6) is -0.321. The quantitative estimate of drug-likeness (QED) is 0.438. The number of hydrogen-bond donors (Lipinski definition) is 3. The summed E-state index contributed by atoms with van der Waals surface area (Å²) in [6.07, 6.45) is 1.67. The molecule has 1 aromatic carbocycles. The lowest BCUT2D eigenvalue weighted by Gasteiger charge is -2.07. The van der Waals surface area contributed by atoms with E-state index in [0.29, 0.717) is 23.6 Å². The lowest BCUT2D eigenvalue weighted by atomic mass is 10.0. The second-order valence-electron chi connectivity index (χ2n) is 8.07. The van der Waals surface area contributed by atoms with Crippen molar-refractivity contribution in [3.8, 4) is 11.3 Å². The molecular weight excluding hydrogens is 408 g/mol. The van der Waals surface area contributed by atoms with Crippen LogP contribution in [0.2, 0.25) is 0 Å². The molecule has 9 nitrogen and oxygen atoms in total. The van der Waals surface area contributed by atoms with E-state index in [1.54, 1.807) is 35.0 Å². The number of nitrogens with one attached hydrogen (secondary N) is 1. The largest absolute Gasteiger partial charge is 0.383 e. The van der Waals surface area contributed by atoms with Gasteiger partial charge in [-0.25, -0.2) is 4.68 Å². The van der Waals surface area contributed by atoms with E-state index in [-0.39, 0.29) is 29.8 Å². The van der Waals surface area contributed by atoms with Gasteiger partial charge in [0, 0.05) is 17.7 Å². The molecule has 168 valence electrons. The molecule has 32 heavy (non-hydrogen) atoms. The topological polar surface area (TPSA) is 142 Å². The number of aromatic nitrogens is 3. The molecule has 0 aliphatic rings. The van der Waals surface area contributed by atoms with E-state index in [9.17, 15) is 9.59 Å². The van der Waals surface area contributed by atoms with Gasteiger partial charge in [-0.2, -0.15) is 5.10 Å². The van der Waals surface area contributed by atoms with Crippen molar-refractivity contribution in [1.82, 2.24) is 14.9 Å². The van der Waals surface area contributed by atoms with Gasteiger partial charge in [-0.05, 0) is 39.2 Å². The fourth-order valence-electron chi connectivity index (χ4n) is 3.26. The molecule has 9 heteroatoms. The third-order valence-electron chi connectivity index (χ3n) is 4.90. The number of hydrogen-bond acceptors (Lipinski definition) is 6. The SMILES string of the molecule is C=C(C)CCc1cc(NC(=O)Cc2ccc(-c3nn(C(C)C)c(N)c3C(N)=O)cc2)on1. The van der Waals surface area contributed by atoms with E-state index in [1.807, 2.05) is 20.8 Å². The van der Waals surface area contributed by atoms with Crippen LogP contribution in [0.5, 0.6) is 0 Å². The van der Waals surface area contributed by atoms with E-state index in [2.05, 4.69) is 22.2 Å². The molecule has 0 saturated heterocycles. The van der Waals surface area contributed by atoms with Crippen molar-refractivity contribution >= 4 is 23.5 Å². The summed E-state index contributed by atoms with van der Waals surface area (Å²) >= 11 is 0. The van der Waals surface area contributed by atoms with Crippen LogP contribution in [-0.4, -0.2) is 26.8 Å². The number of carbonyl (C=O) groups is 2. The number of nitrogens with two attached hydrogens (primary N) is 2. The predicted molar refractivity (Wildman–Crippen MR) is 123 cm³/mol. The molecule has 2 heterocycles. The zero-order valence-corrected chi connectivity index (χ0v) is 18.5. The highest BCUT2D eigenvalue weighted by Crippen LogP contribution is 2.29. The summed E-state index contributed by atoms with van der Waals surface area (Å²) in [6, 6.07) is 8.84. The van der Waals surface area contributed by atoms with Crippen LogP contribution in [0, 0.1) is 0 Å². The predicted octanol–water partition coefficient (Wildman–Crippen LogP) is 3.49. The highest BCUT2D eigenvalue weighted by molar-refractivity contribution is 6.03. The summed E-state index contributed by atoms with van der Waals surface area (Å²) in [5, 5.41) is 11.1. The second kappa shape index (κ2) is 9.51. The van der Waals surface area contributed by atoms with Gasteiger partial charge in [0.25, 0.3) is 5.91 Å². The van der Waals surface area contributed by atoms with Gasteiger partial charge >= 0.3 is 0 Å². The molecular formula is C23H28N6O3. The first-order chi connectivity index (χ1) is 15.2. The molecule has 0 unspecified atom stereocenters. The van der Waals surface area contributed by atoms with E-state index in [0.717, 1.165) is 23.3 Å². The maximum absolute atomic E-state index is 12.4. The van der Waals surface area contributed by atoms with Crippen LogP contribution in [0.4, 0.5) is 11.7 Å². The van der Waals surface area contributed by atoms with Gasteiger partial charge in [0.15, 0.2) is 0 Å². The number of nitrogen functional groups attached to an aromatic ring is 1. The standard InChI is InChI=1S/C23H28N6O3/c1-13(2)5-10-17-12-19(32-28-17)26-18(30)11-15-6-8-16(9-7-15)21-20(23(25)31)22(24)29(27-21)14(3)4/h6-9,12,14H,1,5,10-11,24H2,2-4H3,(H2,25,31)(H,26,30). The third-order valence-corrected chi connectivity index (χ3v) is 4.90. The molecule has 3 rings (SSSR count). The molecule has 0 atom stereocenters. The maximum atomic E-state index is 12.4. The van der Waals surface area contributed by atoms with Crippen molar-refractivity contribution in [1.29, 1.82) is 0 Å². The minimum atomic E-state index is -0.637. The van der Waals surface area contributed by atoms with Crippen LogP contribution in [0.1, 0.15) is 54.8 Å². The Labute approximate surface area is 186 Å². The Kier molecular flexibility index (Phi) is 6.77. The van der Waals surface area contributed by atoms with Crippen molar-refractivity contribution in [3.63, 3.8) is 0 Å². The van der Waals surface area contributed by atoms with Crippen LogP contribution in [0.15, 0.2) is 47.0 Å². The van der Waals surface area contributed by atoms with Gasteiger partial charge in [-0.1, -0.05) is 35.0 Å². The normalized spacial score (nSPS) is 11.0. The fraction of sp³-hybridized carbons (Fsp3) is 0.304. The summed E-state index contributed by atoms with van der Waals surface area (Å²) in [7, 11) is 0. The number of benzene rings is 1. The second-order valence-corrected chi connectivity index (χ2v) is 8.07. The van der Waals surface area contributed by atoms with Crippen molar-refractivity contribution in [2.24, 2.45) is 5.73 Å². The number of amides is 2. The molecule has 0 bridgehead atoms. The van der Waals surface area contributed by atoms with Gasteiger partial charge in [0.2, 0.25) is 11.8 Å². The van der Waals surface area contributed by atoms with Crippen LogP contribution in [0.25, 0.3) is 11.3 Å². The Hall–Kier alpha value is -3.88. The molecule has 0 saturated carbocycles. The van der Waals surface area contributed by atoms with Gasteiger partial charge in [-0.15, -0.1) is 6.58 Å². The number of anilines is 2. The summed E-state index contributed by atoms with van der Waals surface area (Å²) in [5.41, 5.74) is 15.5. The Balaban J connectivity index is 1.69. The molecule has 0 aliphatic carbocycles. The van der Waals surface area contributed by atoms with Gasteiger partial charge in [-0.3, -0.25) is 14.9 Å². The van der Waals surface area contributed by atoms with E-state index in [4.69, 9.17) is 16.0 Å². The molecule has 0 radical (unpaired) electrons. The highest BCUT2D eigenvalue weighted by atomic mass is 16.5. The molecule has 2 aromatic heterocycles. The zero-order chi connectivity index (χ0) is 23.4. The number of aryl methyl sites for hydroxylation is 1. The Morgan fingerprint density at radius 1 is 1.25 bits per heavy atom. The molecule has 3 aromatic rings. The fourth-order valence-corrected chi connectivity index (χ4v) is 3.26. The lowest BCUT2D eigenvalue weighted by molar-refractivity contribution is -0.115. The lowest BCUT2D eigenvalue weighted by Crippen LogP contribution is -2.15. The van der Waals surface area contributed by atoms with Crippen molar-refractivity contribution in [2.75, 3.05) is 11.1 Å². The Bertz CT molecular complexity index is 1140. The summed E-state index contributed by atoms with van der Waals surface area (Å²) in [6.45, 7) is 9.64. The first-order valence-electron chi connectivity index (χ1n) is 10.3. The first kappa shape index (κ1) is 22.8. The van der Waals surface area contributed by atoms with Crippen molar-refractivity contribution in [3.05, 3.63) is 59.3 Å². The smallest absolute Gasteiger partial charge is 0.254 e. The van der Waals surface area contributed by atoms with E-state index in [1.165, 1.54) is 0 Å². The molecule has 2 amide bonds. The van der Waals surface area contributed by atoms with Crippen LogP contribution < -0.4 is 16.8 Å². The number of allylic oxidation sites excluding steroid dienone is 1. The van der Waals surface area contributed by atoms with Crippen LogP contribution >= 0.6 is 0 Å². The van der Waals surface area contributed by atoms with E-state index < -0.39 is 5.91 Å². The molecule has 0 aliphatic heterocycles. The van der Waals surface area contributed by atoms with Gasteiger partial charge in [0.05, 0.1) is 12.1 Å². The van der Waals surface area contributed by atoms with Crippen LogP contribution in [-0.2, 0) is 17.6 Å². The minimum Gasteiger partial charge on any atom is -0.383 e. The molecule has 5 N–H and O–H groups in total. The molecule has 0 fully saturated rings. The first-order valence-corrected chi connectivity index (χ1v) is 10.3. The maximum Gasteiger partial charge on any atom is 0.254 e. The monoisotopic (exact) mass is 436 g/mol. The Morgan fingerprint density at radius 3 is 2.53 bits per heavy atom. The van der Waals surface area contributed by atoms with Crippen molar-refractivity contribution < 1.29 is 14.1 Å². The summed E-state index contributed by atoms with van der Waals surface area (Å²) in [4.78, 5) is 24.3. The average molecular weight is 437 g/mol. The van der Waals surface area contributed by atoms with E-state index >= 15 is 0 Å². The van der Waals surface area contributed by atoms with Crippen molar-refractivity contribution in [2.45, 2.75) is 46.1 Å². The number of carbonyl (C=O) groups excluding carboxylic acids is 2. The van der Waals surface area contributed by atoms with Gasteiger partial charge in [0.1, 0.15) is 17.1 Å². The third kappa shape index (κ3) is 5.23. The highest BCUT2D eigenvalue weighted by Gasteiger charge is 2.22. The summed E-state index contributed by atoms with van der Waals surface area (Å²) < 4.78 is 6.74. The number of nitrogens with zero attached hydrogens (tertiary/aromatic N) is 3. The zero-order valence-electron chi connectivity index (χ0n) is 18.5. The Morgan fingerprint density at radius 2 is 1.94 bits per heavy atom. The molecule has 0 spiro atoms. The average Bonchev–Trinajstić information content (AvgIpc) is 3.30. The van der Waals surface area contributed by atoms with Gasteiger partial charge < -0.3 is 16.0 Å².